The molecule has 2 N–H and O–H groups in total. The summed E-state index contributed by atoms with van der Waals surface area (Å²) in [6, 6.07) is 6.12. The number of aromatic amines is 1. The Balaban J connectivity index is 1.34. The third-order valence-electron chi connectivity index (χ3n) is 6.56. The number of benzene rings is 1. The van der Waals surface area contributed by atoms with Gasteiger partial charge in [-0.25, -0.2) is 19.3 Å². The van der Waals surface area contributed by atoms with Crippen LogP contribution in [-0.4, -0.2) is 44.1 Å². The van der Waals surface area contributed by atoms with Gasteiger partial charge in [-0.3, -0.25) is 4.79 Å². The number of rotatable bonds is 6. The molecule has 0 amide bonds. The standard InChI is InChI=1S/C27H28FN5O2/c1-2-5-17-9-10-23-24(12-17)32-25(31-23)21-8-3-6-18(13-22(21)28)20-14-29-27(30-15-20)33-11-4-7-19(16-33)26(34)35/h6,8-10,12-15,19H,2-5,7,11,16H2,1H3,(H,31,32)(H,34,35). The second-order valence-corrected chi connectivity index (χ2v) is 9.09. The molecule has 35 heavy (non-hydrogen) atoms. The molecule has 1 unspecified atom stereocenters. The van der Waals surface area contributed by atoms with E-state index in [1.807, 2.05) is 23.1 Å². The van der Waals surface area contributed by atoms with Gasteiger partial charge >= 0.3 is 5.97 Å². The predicted octanol–water partition coefficient (Wildman–Crippen LogP) is 5.33. The molecule has 1 aromatic carbocycles. The molecule has 1 fully saturated rings. The Morgan fingerprint density at radius 3 is 2.86 bits per heavy atom. The number of carboxylic acid groups (broad SMARTS) is 1. The zero-order chi connectivity index (χ0) is 24.4. The van der Waals surface area contributed by atoms with Crippen molar-refractivity contribution in [2.24, 2.45) is 5.92 Å². The molecule has 8 heteroatoms. The number of piperidine rings is 1. The number of carboxylic acids is 1. The van der Waals surface area contributed by atoms with E-state index in [1.165, 1.54) is 11.6 Å². The van der Waals surface area contributed by atoms with Gasteiger partial charge in [-0.2, -0.15) is 0 Å². The number of carbonyl (C=O) groups is 1. The molecular formula is C27H28FN5O2. The highest BCUT2D eigenvalue weighted by atomic mass is 19.1. The SMILES string of the molecule is CCCc1ccc2nc(C3=CCC=C(c4cnc(N5CCCC(C(=O)O)C5)nc4)C=C3F)[nH]c2c1. The quantitative estimate of drug-likeness (QED) is 0.502. The lowest BCUT2D eigenvalue weighted by molar-refractivity contribution is -0.141. The summed E-state index contributed by atoms with van der Waals surface area (Å²) in [6.45, 7) is 3.27. The van der Waals surface area contributed by atoms with Crippen molar-refractivity contribution in [1.82, 2.24) is 19.9 Å². The third kappa shape index (κ3) is 4.87. The Hall–Kier alpha value is -3.81. The summed E-state index contributed by atoms with van der Waals surface area (Å²) < 4.78 is 15.3. The number of aromatic nitrogens is 4. The van der Waals surface area contributed by atoms with Gasteiger partial charge in [-0.15, -0.1) is 0 Å². The minimum absolute atomic E-state index is 0.369. The van der Waals surface area contributed by atoms with Gasteiger partial charge in [0.1, 0.15) is 11.7 Å². The number of fused-ring (bicyclic) bond motifs is 1. The molecule has 1 saturated heterocycles. The number of nitrogens with zero attached hydrogens (tertiary/aromatic N) is 4. The fourth-order valence-electron chi connectivity index (χ4n) is 4.71. The van der Waals surface area contributed by atoms with Crippen molar-refractivity contribution in [2.45, 2.75) is 39.0 Å². The maximum absolute atomic E-state index is 15.3. The second-order valence-electron chi connectivity index (χ2n) is 9.09. The van der Waals surface area contributed by atoms with Gasteiger partial charge in [-0.05, 0) is 55.0 Å². The summed E-state index contributed by atoms with van der Waals surface area (Å²) in [5.41, 5.74) is 4.80. The molecule has 0 bridgehead atoms. The molecule has 1 aliphatic carbocycles. The second kappa shape index (κ2) is 9.82. The van der Waals surface area contributed by atoms with Crippen LogP contribution in [0.15, 0.2) is 54.6 Å². The van der Waals surface area contributed by atoms with Crippen molar-refractivity contribution < 1.29 is 14.3 Å². The first-order chi connectivity index (χ1) is 17.0. The lowest BCUT2D eigenvalue weighted by Crippen LogP contribution is -2.39. The van der Waals surface area contributed by atoms with E-state index in [9.17, 15) is 9.90 Å². The minimum atomic E-state index is -0.787. The van der Waals surface area contributed by atoms with Gasteiger partial charge < -0.3 is 15.0 Å². The number of halogens is 1. The molecule has 2 aliphatic rings. The lowest BCUT2D eigenvalue weighted by Gasteiger charge is -2.30. The molecule has 7 nitrogen and oxygen atoms in total. The number of imidazole rings is 1. The highest BCUT2D eigenvalue weighted by Gasteiger charge is 2.26. The average molecular weight is 474 g/mol. The van der Waals surface area contributed by atoms with E-state index in [2.05, 4.69) is 39.0 Å². The van der Waals surface area contributed by atoms with Gasteiger partial charge in [0.05, 0.1) is 17.0 Å². The first kappa shape index (κ1) is 23.0. The van der Waals surface area contributed by atoms with Crippen molar-refractivity contribution in [3.8, 4) is 0 Å². The fourth-order valence-corrected chi connectivity index (χ4v) is 4.71. The Morgan fingerprint density at radius 1 is 1.26 bits per heavy atom. The van der Waals surface area contributed by atoms with E-state index in [-0.39, 0.29) is 5.83 Å². The van der Waals surface area contributed by atoms with Crippen LogP contribution in [0.25, 0.3) is 22.2 Å². The summed E-state index contributed by atoms with van der Waals surface area (Å²) in [5, 5.41) is 9.32. The summed E-state index contributed by atoms with van der Waals surface area (Å²) >= 11 is 0. The van der Waals surface area contributed by atoms with Crippen LogP contribution in [0.5, 0.6) is 0 Å². The maximum atomic E-state index is 15.3. The smallest absolute Gasteiger partial charge is 0.308 e. The molecule has 180 valence electrons. The van der Waals surface area contributed by atoms with Gasteiger partial charge in [0.2, 0.25) is 5.95 Å². The maximum Gasteiger partial charge on any atom is 0.308 e. The Morgan fingerprint density at radius 2 is 2.09 bits per heavy atom. The molecule has 0 spiro atoms. The molecule has 2 aromatic heterocycles. The normalized spacial score (nSPS) is 18.6. The van der Waals surface area contributed by atoms with Crippen molar-refractivity contribution in [2.75, 3.05) is 18.0 Å². The van der Waals surface area contributed by atoms with Crippen molar-refractivity contribution in [3.63, 3.8) is 0 Å². The lowest BCUT2D eigenvalue weighted by atomic mass is 9.99. The number of anilines is 1. The molecule has 1 atom stereocenters. The molecule has 0 saturated carbocycles. The van der Waals surface area contributed by atoms with Crippen LogP contribution < -0.4 is 4.90 Å². The van der Waals surface area contributed by atoms with Crippen molar-refractivity contribution in [3.05, 3.63) is 71.6 Å². The topological polar surface area (TPSA) is 95.0 Å². The van der Waals surface area contributed by atoms with Crippen LogP contribution >= 0.6 is 0 Å². The van der Waals surface area contributed by atoms with Gasteiger partial charge in [0, 0.05) is 36.6 Å². The number of aryl methyl sites for hydroxylation is 1. The Labute approximate surface area is 203 Å². The molecule has 0 radical (unpaired) electrons. The van der Waals surface area contributed by atoms with E-state index in [0.717, 1.165) is 36.8 Å². The van der Waals surface area contributed by atoms with Crippen LogP contribution in [-0.2, 0) is 11.2 Å². The van der Waals surface area contributed by atoms with Crippen LogP contribution in [0.2, 0.25) is 0 Å². The van der Waals surface area contributed by atoms with Crippen LogP contribution in [0, 0.1) is 5.92 Å². The van der Waals surface area contributed by atoms with E-state index in [0.29, 0.717) is 47.9 Å². The van der Waals surface area contributed by atoms with Crippen molar-refractivity contribution >= 4 is 34.1 Å². The number of allylic oxidation sites excluding steroid dienone is 6. The summed E-state index contributed by atoms with van der Waals surface area (Å²) in [4.78, 5) is 30.0. The third-order valence-corrected chi connectivity index (χ3v) is 6.56. The number of aliphatic carboxylic acids is 1. The van der Waals surface area contributed by atoms with E-state index in [1.54, 1.807) is 12.4 Å². The van der Waals surface area contributed by atoms with Crippen LogP contribution in [0.1, 0.15) is 49.6 Å². The molecule has 3 heterocycles. The van der Waals surface area contributed by atoms with Gasteiger partial charge in [0.15, 0.2) is 0 Å². The molecule has 3 aromatic rings. The number of hydrogen-bond donors (Lipinski definition) is 2. The summed E-state index contributed by atoms with van der Waals surface area (Å²) in [7, 11) is 0. The van der Waals surface area contributed by atoms with E-state index < -0.39 is 11.9 Å². The first-order valence-electron chi connectivity index (χ1n) is 12.1. The zero-order valence-electron chi connectivity index (χ0n) is 19.7. The van der Waals surface area contributed by atoms with Crippen molar-refractivity contribution in [1.29, 1.82) is 0 Å². The summed E-state index contributed by atoms with van der Waals surface area (Å²) in [6.07, 6.45) is 12.7. The highest BCUT2D eigenvalue weighted by molar-refractivity contribution is 5.87. The predicted molar refractivity (Wildman–Crippen MR) is 134 cm³/mol. The number of H-pyrrole nitrogens is 1. The first-order valence-corrected chi connectivity index (χ1v) is 12.1. The monoisotopic (exact) mass is 473 g/mol. The molecular weight excluding hydrogens is 445 g/mol. The van der Waals surface area contributed by atoms with Crippen LogP contribution in [0.4, 0.5) is 10.3 Å². The van der Waals surface area contributed by atoms with E-state index in [4.69, 9.17) is 0 Å². The highest BCUT2D eigenvalue weighted by Crippen LogP contribution is 2.31. The zero-order valence-corrected chi connectivity index (χ0v) is 19.7. The Kier molecular flexibility index (Phi) is 6.44. The van der Waals surface area contributed by atoms with Gasteiger partial charge in [-0.1, -0.05) is 31.6 Å². The van der Waals surface area contributed by atoms with Crippen LogP contribution in [0.3, 0.4) is 0 Å². The van der Waals surface area contributed by atoms with Gasteiger partial charge in [0.25, 0.3) is 0 Å². The molecule has 5 rings (SSSR count). The molecule has 1 aliphatic heterocycles. The number of hydrogen-bond acceptors (Lipinski definition) is 5. The van der Waals surface area contributed by atoms with E-state index >= 15 is 4.39 Å². The Bertz CT molecular complexity index is 1340. The average Bonchev–Trinajstić information content (AvgIpc) is 3.19. The minimum Gasteiger partial charge on any atom is -0.481 e. The number of nitrogens with one attached hydrogen (secondary N) is 1. The summed E-state index contributed by atoms with van der Waals surface area (Å²) in [5.74, 6) is -0.547. The fraction of sp³-hybridized carbons (Fsp3) is 0.333. The largest absolute Gasteiger partial charge is 0.481 e.